The SMILES string of the molecule is Cc1c(B2OC(C)(C)C(C)(C)O2)cccc1S(=O)(=O)F. The summed E-state index contributed by atoms with van der Waals surface area (Å²) >= 11 is 0. The third-order valence-electron chi connectivity index (χ3n) is 4.10. The van der Waals surface area contributed by atoms with Gasteiger partial charge < -0.3 is 9.31 Å². The van der Waals surface area contributed by atoms with Crippen molar-refractivity contribution in [1.82, 2.24) is 0 Å². The lowest BCUT2D eigenvalue weighted by molar-refractivity contribution is 0.00578. The van der Waals surface area contributed by atoms with Gasteiger partial charge in [0.15, 0.2) is 0 Å². The topological polar surface area (TPSA) is 52.6 Å². The van der Waals surface area contributed by atoms with Crippen LogP contribution in [-0.2, 0) is 19.5 Å². The molecule has 0 aliphatic carbocycles. The zero-order valence-corrected chi connectivity index (χ0v) is 13.0. The second kappa shape index (κ2) is 4.54. The van der Waals surface area contributed by atoms with Crippen LogP contribution in [0.1, 0.15) is 33.3 Å². The lowest BCUT2D eigenvalue weighted by Crippen LogP contribution is -2.41. The van der Waals surface area contributed by atoms with E-state index < -0.39 is 28.5 Å². The van der Waals surface area contributed by atoms with Gasteiger partial charge in [0.2, 0.25) is 0 Å². The summed E-state index contributed by atoms with van der Waals surface area (Å²) < 4.78 is 47.2. The fourth-order valence-electron chi connectivity index (χ4n) is 2.12. The average Bonchev–Trinajstić information content (AvgIpc) is 2.46. The van der Waals surface area contributed by atoms with Gasteiger partial charge in [-0.15, -0.1) is 3.89 Å². The van der Waals surface area contributed by atoms with Crippen LogP contribution in [0.4, 0.5) is 3.89 Å². The summed E-state index contributed by atoms with van der Waals surface area (Å²) in [6.07, 6.45) is 0. The lowest BCUT2D eigenvalue weighted by atomic mass is 9.76. The molecule has 0 N–H and O–H groups in total. The van der Waals surface area contributed by atoms with Gasteiger partial charge in [-0.2, -0.15) is 8.42 Å². The molecular weight excluding hydrogens is 282 g/mol. The third kappa shape index (κ3) is 2.50. The number of hydrogen-bond acceptors (Lipinski definition) is 4. The van der Waals surface area contributed by atoms with Gasteiger partial charge in [0, 0.05) is 0 Å². The van der Waals surface area contributed by atoms with Crippen LogP contribution in [0.3, 0.4) is 0 Å². The molecular formula is C13H18BFO4S. The first-order valence-corrected chi connectivity index (χ1v) is 7.74. The Bertz CT molecular complexity index is 624. The highest BCUT2D eigenvalue weighted by molar-refractivity contribution is 7.86. The molecule has 0 atom stereocenters. The monoisotopic (exact) mass is 300 g/mol. The Morgan fingerprint density at radius 3 is 2.05 bits per heavy atom. The van der Waals surface area contributed by atoms with Crippen molar-refractivity contribution in [3.63, 3.8) is 0 Å². The van der Waals surface area contributed by atoms with Crippen molar-refractivity contribution in [3.8, 4) is 0 Å². The summed E-state index contributed by atoms with van der Waals surface area (Å²) in [7, 11) is -5.46. The van der Waals surface area contributed by atoms with Crippen LogP contribution in [0.25, 0.3) is 0 Å². The molecule has 0 bridgehead atoms. The lowest BCUT2D eigenvalue weighted by Gasteiger charge is -2.32. The minimum absolute atomic E-state index is 0.313. The largest absolute Gasteiger partial charge is 0.495 e. The smallest absolute Gasteiger partial charge is 0.399 e. The predicted molar refractivity (Wildman–Crippen MR) is 75.2 cm³/mol. The van der Waals surface area contributed by atoms with Gasteiger partial charge in [-0.3, -0.25) is 0 Å². The van der Waals surface area contributed by atoms with Crippen LogP contribution >= 0.6 is 0 Å². The van der Waals surface area contributed by atoms with Gasteiger partial charge >= 0.3 is 17.3 Å². The predicted octanol–water partition coefficient (Wildman–Crippen LogP) is 1.95. The van der Waals surface area contributed by atoms with E-state index in [9.17, 15) is 12.3 Å². The molecule has 110 valence electrons. The summed E-state index contributed by atoms with van der Waals surface area (Å²) in [5.74, 6) is 0. The first-order valence-electron chi connectivity index (χ1n) is 6.35. The molecule has 0 unspecified atom stereocenters. The van der Waals surface area contributed by atoms with Crippen molar-refractivity contribution >= 4 is 22.8 Å². The molecule has 0 radical (unpaired) electrons. The molecule has 7 heteroatoms. The van der Waals surface area contributed by atoms with Gasteiger partial charge in [-0.25, -0.2) is 0 Å². The summed E-state index contributed by atoms with van der Waals surface area (Å²) in [6, 6.07) is 4.41. The molecule has 1 aromatic carbocycles. The van der Waals surface area contributed by atoms with Crippen molar-refractivity contribution in [2.24, 2.45) is 0 Å². The maximum atomic E-state index is 13.2. The normalized spacial score (nSPS) is 21.2. The summed E-state index contributed by atoms with van der Waals surface area (Å²) in [6.45, 7) is 9.15. The minimum atomic E-state index is -4.75. The molecule has 1 saturated heterocycles. The van der Waals surface area contributed by atoms with Crippen LogP contribution in [0.2, 0.25) is 0 Å². The fourth-order valence-corrected chi connectivity index (χ4v) is 2.85. The highest BCUT2D eigenvalue weighted by atomic mass is 32.3. The van der Waals surface area contributed by atoms with Gasteiger partial charge in [-0.05, 0) is 51.7 Å². The number of rotatable bonds is 2. The van der Waals surface area contributed by atoms with Gasteiger partial charge in [0.1, 0.15) is 4.90 Å². The summed E-state index contributed by atoms with van der Waals surface area (Å²) in [5, 5.41) is 0. The molecule has 1 aliphatic rings. The number of hydrogen-bond donors (Lipinski definition) is 0. The highest BCUT2D eigenvalue weighted by Gasteiger charge is 2.52. The van der Waals surface area contributed by atoms with E-state index in [2.05, 4.69) is 0 Å². The van der Waals surface area contributed by atoms with Crippen LogP contribution < -0.4 is 5.46 Å². The molecule has 1 aliphatic heterocycles. The van der Waals surface area contributed by atoms with Crippen LogP contribution in [0, 0.1) is 6.92 Å². The van der Waals surface area contributed by atoms with Gasteiger partial charge in [0.05, 0.1) is 11.2 Å². The molecule has 20 heavy (non-hydrogen) atoms. The highest BCUT2D eigenvalue weighted by Crippen LogP contribution is 2.36. The zero-order chi connectivity index (χ0) is 15.3. The van der Waals surface area contributed by atoms with Crippen molar-refractivity contribution in [2.75, 3.05) is 0 Å². The molecule has 0 spiro atoms. The Balaban J connectivity index is 2.47. The van der Waals surface area contributed by atoms with Crippen molar-refractivity contribution in [2.45, 2.75) is 50.7 Å². The molecule has 2 rings (SSSR count). The minimum Gasteiger partial charge on any atom is -0.399 e. The second-order valence-electron chi connectivity index (χ2n) is 6.00. The maximum Gasteiger partial charge on any atom is 0.495 e. The number of halogens is 1. The average molecular weight is 300 g/mol. The van der Waals surface area contributed by atoms with E-state index in [-0.39, 0.29) is 4.90 Å². The molecule has 1 heterocycles. The molecule has 0 aromatic heterocycles. The third-order valence-corrected chi connectivity index (χ3v) is 5.06. The molecule has 1 fully saturated rings. The van der Waals surface area contributed by atoms with Gasteiger partial charge in [-0.1, -0.05) is 12.1 Å². The fraction of sp³-hybridized carbons (Fsp3) is 0.538. The molecule has 0 saturated carbocycles. The Hall–Kier alpha value is -0.915. The quantitative estimate of drug-likeness (QED) is 0.619. The van der Waals surface area contributed by atoms with E-state index in [1.165, 1.54) is 12.1 Å². The standard InChI is InChI=1S/C13H18BFO4S/c1-9-10(7-6-8-11(9)20(15,16)17)14-18-12(2,3)13(4,5)19-14/h6-8H,1-5H3. The van der Waals surface area contributed by atoms with Gasteiger partial charge in [0.25, 0.3) is 0 Å². The van der Waals surface area contributed by atoms with E-state index in [1.807, 2.05) is 27.7 Å². The van der Waals surface area contributed by atoms with E-state index in [4.69, 9.17) is 9.31 Å². The van der Waals surface area contributed by atoms with Crippen molar-refractivity contribution in [3.05, 3.63) is 23.8 Å². The Labute approximate surface area is 119 Å². The Kier molecular flexibility index (Phi) is 3.52. The van der Waals surface area contributed by atoms with Crippen LogP contribution in [-0.4, -0.2) is 26.7 Å². The van der Waals surface area contributed by atoms with E-state index in [0.29, 0.717) is 11.0 Å². The second-order valence-corrected chi connectivity index (χ2v) is 7.31. The summed E-state index contributed by atoms with van der Waals surface area (Å²) in [4.78, 5) is -0.343. The van der Waals surface area contributed by atoms with Crippen LogP contribution in [0.15, 0.2) is 23.1 Å². The van der Waals surface area contributed by atoms with E-state index >= 15 is 0 Å². The Morgan fingerprint density at radius 2 is 1.60 bits per heavy atom. The first-order chi connectivity index (χ1) is 8.96. The van der Waals surface area contributed by atoms with E-state index in [1.54, 1.807) is 13.0 Å². The maximum absolute atomic E-state index is 13.2. The Morgan fingerprint density at radius 1 is 1.10 bits per heavy atom. The van der Waals surface area contributed by atoms with E-state index in [0.717, 1.165) is 0 Å². The number of benzene rings is 1. The molecule has 1 aromatic rings. The zero-order valence-electron chi connectivity index (χ0n) is 12.2. The van der Waals surface area contributed by atoms with Crippen molar-refractivity contribution < 1.29 is 21.6 Å². The molecule has 4 nitrogen and oxygen atoms in total. The first kappa shape index (κ1) is 15.5. The summed E-state index contributed by atoms with van der Waals surface area (Å²) in [5.41, 5.74) is -0.223. The van der Waals surface area contributed by atoms with Crippen LogP contribution in [0.5, 0.6) is 0 Å². The molecule has 0 amide bonds. The van der Waals surface area contributed by atoms with Crippen molar-refractivity contribution in [1.29, 1.82) is 0 Å².